The molecule has 0 aromatic heterocycles. The molecule has 0 radical (unpaired) electrons. The van der Waals surface area contributed by atoms with Crippen LogP contribution in [0.4, 0.5) is 16.2 Å². The molecule has 0 saturated carbocycles. The highest BCUT2D eigenvalue weighted by Gasteiger charge is 2.60. The van der Waals surface area contributed by atoms with Crippen LogP contribution in [0.2, 0.25) is 0 Å². The molecule has 17 heteroatoms. The zero-order valence-corrected chi connectivity index (χ0v) is 27.9. The maximum absolute atomic E-state index is 13.6. The second-order valence-corrected chi connectivity index (χ2v) is 13.7. The molecule has 2 fully saturated rings. The molecule has 260 valence electrons. The highest BCUT2D eigenvalue weighted by Crippen LogP contribution is 2.52. The zero-order chi connectivity index (χ0) is 35.7. The molecule has 0 bridgehead atoms. The Morgan fingerprint density at radius 1 is 0.980 bits per heavy atom. The number of hydrogen-bond donors (Lipinski definition) is 1. The summed E-state index contributed by atoms with van der Waals surface area (Å²) in [5.41, 5.74) is 0.814. The summed E-state index contributed by atoms with van der Waals surface area (Å²) in [5.74, 6) is -2.66. The fraction of sp³-hybridized carbons (Fsp3) is 0.438. The third-order valence-electron chi connectivity index (χ3n) is 8.85. The summed E-state index contributed by atoms with van der Waals surface area (Å²) < 4.78 is 11.1. The first-order chi connectivity index (χ1) is 23.2. The van der Waals surface area contributed by atoms with Crippen LogP contribution in [0.5, 0.6) is 0 Å². The largest absolute Gasteiger partial charge is 0.456 e. The van der Waals surface area contributed by atoms with Crippen LogP contribution in [0, 0.1) is 32.1 Å². The molecule has 0 unspecified atom stereocenters. The number of likely N-dealkylation sites (tertiary alicyclic amines) is 1. The third kappa shape index (κ3) is 7.07. The van der Waals surface area contributed by atoms with Gasteiger partial charge in [-0.15, -0.1) is 11.8 Å². The van der Waals surface area contributed by atoms with Gasteiger partial charge >= 0.3 is 12.1 Å². The number of fused-ring (bicyclic) bond motifs is 1. The Morgan fingerprint density at radius 3 is 2.00 bits per heavy atom. The van der Waals surface area contributed by atoms with Crippen LogP contribution in [0.1, 0.15) is 31.4 Å². The number of carbonyl (C=O) groups is 4. The number of benzene rings is 2. The number of amides is 3. The Balaban J connectivity index is 1.35. The maximum Gasteiger partial charge on any atom is 0.410 e. The standard InChI is InChI=1S/C32H35N5O11S/c1-17-26-25(18(2)38)30(40)35(26)27(31(41)47-15-19-5-9-21(10-6-19)36(43)44)28(17)49-23-13-24(29(39)33(3)4)34(14-23)32(42)48-16-20-7-11-22(12-8-20)37(45)46/h5-12,17-18,23-26,38H,13-16H2,1-4H3/t17-,18-,23-,24+,25-,26-/m1/s1. The van der Waals surface area contributed by atoms with Gasteiger partial charge < -0.3 is 24.4 Å². The minimum absolute atomic E-state index is 0.0287. The number of carbonyl (C=O) groups excluding carboxylic acids is 4. The van der Waals surface area contributed by atoms with E-state index >= 15 is 0 Å². The first-order valence-corrected chi connectivity index (χ1v) is 16.3. The number of non-ortho nitro benzene ring substituents is 2. The Hall–Kier alpha value is -5.03. The van der Waals surface area contributed by atoms with Crippen molar-refractivity contribution in [3.05, 3.63) is 90.5 Å². The van der Waals surface area contributed by atoms with Gasteiger partial charge in [-0.2, -0.15) is 0 Å². The van der Waals surface area contributed by atoms with Crippen molar-refractivity contribution in [2.45, 2.75) is 56.9 Å². The third-order valence-corrected chi connectivity index (χ3v) is 10.3. The average Bonchev–Trinajstić information content (AvgIpc) is 3.59. The number of thioether (sulfide) groups is 1. The lowest BCUT2D eigenvalue weighted by Gasteiger charge is -2.46. The number of nitro groups is 2. The number of aliphatic hydroxyl groups is 1. The predicted octanol–water partition coefficient (Wildman–Crippen LogP) is 3.22. The minimum atomic E-state index is -0.965. The van der Waals surface area contributed by atoms with Gasteiger partial charge in [-0.1, -0.05) is 6.92 Å². The number of esters is 1. The molecule has 2 aromatic carbocycles. The van der Waals surface area contributed by atoms with Gasteiger partial charge in [-0.25, -0.2) is 9.59 Å². The van der Waals surface area contributed by atoms with E-state index in [0.717, 1.165) is 0 Å². The molecule has 6 atom stereocenters. The van der Waals surface area contributed by atoms with Crippen LogP contribution in [-0.4, -0.2) is 97.6 Å². The number of ether oxygens (including phenoxy) is 2. The molecule has 1 N–H and O–H groups in total. The summed E-state index contributed by atoms with van der Waals surface area (Å²) in [4.78, 5) is 78.8. The lowest BCUT2D eigenvalue weighted by Crippen LogP contribution is -2.63. The van der Waals surface area contributed by atoms with Crippen molar-refractivity contribution in [3.8, 4) is 0 Å². The normalized spacial score (nSPS) is 23.4. The minimum Gasteiger partial charge on any atom is -0.456 e. The second-order valence-electron chi connectivity index (χ2n) is 12.3. The summed E-state index contributed by atoms with van der Waals surface area (Å²) in [7, 11) is 3.13. The van der Waals surface area contributed by atoms with Gasteiger partial charge in [0.05, 0.1) is 27.9 Å². The van der Waals surface area contributed by atoms with Crippen molar-refractivity contribution < 1.29 is 43.6 Å². The van der Waals surface area contributed by atoms with E-state index in [9.17, 15) is 44.5 Å². The number of nitro benzene ring substituents is 2. The fourth-order valence-electron chi connectivity index (χ4n) is 6.34. The van der Waals surface area contributed by atoms with Gasteiger partial charge in [0.2, 0.25) is 11.8 Å². The van der Waals surface area contributed by atoms with Crippen molar-refractivity contribution in [3.63, 3.8) is 0 Å². The van der Waals surface area contributed by atoms with Crippen LogP contribution in [-0.2, 0) is 37.1 Å². The van der Waals surface area contributed by atoms with Crippen LogP contribution < -0.4 is 0 Å². The van der Waals surface area contributed by atoms with E-state index in [0.29, 0.717) is 16.0 Å². The van der Waals surface area contributed by atoms with E-state index < -0.39 is 57.2 Å². The number of rotatable bonds is 11. The molecular formula is C32H35N5O11S. The Labute approximate surface area is 284 Å². The van der Waals surface area contributed by atoms with Gasteiger partial charge in [0.1, 0.15) is 25.0 Å². The molecule has 2 saturated heterocycles. The van der Waals surface area contributed by atoms with Crippen molar-refractivity contribution in [1.82, 2.24) is 14.7 Å². The van der Waals surface area contributed by atoms with E-state index in [4.69, 9.17) is 9.47 Å². The maximum atomic E-state index is 13.6. The van der Waals surface area contributed by atoms with Gasteiger partial charge in [-0.3, -0.25) is 34.7 Å². The first-order valence-electron chi connectivity index (χ1n) is 15.4. The quantitative estimate of drug-likeness (QED) is 0.156. The highest BCUT2D eigenvalue weighted by molar-refractivity contribution is 8.03. The average molecular weight is 698 g/mol. The van der Waals surface area contributed by atoms with Crippen molar-refractivity contribution in [2.75, 3.05) is 20.6 Å². The molecule has 3 aliphatic heterocycles. The number of aliphatic hydroxyl groups excluding tert-OH is 1. The molecule has 16 nitrogen and oxygen atoms in total. The van der Waals surface area contributed by atoms with E-state index in [2.05, 4.69) is 0 Å². The van der Waals surface area contributed by atoms with E-state index in [1.54, 1.807) is 14.1 Å². The van der Waals surface area contributed by atoms with E-state index in [1.165, 1.54) is 81.9 Å². The molecule has 3 aliphatic rings. The summed E-state index contributed by atoms with van der Waals surface area (Å²) in [6, 6.07) is 9.66. The van der Waals surface area contributed by atoms with Gasteiger partial charge in [-0.05, 0) is 48.7 Å². The number of nitrogens with zero attached hydrogens (tertiary/aromatic N) is 5. The first kappa shape index (κ1) is 35.3. The van der Waals surface area contributed by atoms with E-state index in [1.807, 2.05) is 6.92 Å². The Bertz CT molecular complexity index is 1700. The number of hydrogen-bond acceptors (Lipinski definition) is 12. The smallest absolute Gasteiger partial charge is 0.410 e. The van der Waals surface area contributed by atoms with Crippen LogP contribution in [0.15, 0.2) is 59.1 Å². The van der Waals surface area contributed by atoms with Crippen LogP contribution >= 0.6 is 11.8 Å². The lowest BCUT2D eigenvalue weighted by atomic mass is 9.79. The topological polar surface area (TPSA) is 203 Å². The molecule has 3 heterocycles. The van der Waals surface area contributed by atoms with Crippen LogP contribution in [0.25, 0.3) is 0 Å². The van der Waals surface area contributed by atoms with E-state index in [-0.39, 0.29) is 55.1 Å². The summed E-state index contributed by atoms with van der Waals surface area (Å²) in [5, 5.41) is 31.9. The van der Waals surface area contributed by atoms with Gasteiger partial charge in [0.25, 0.3) is 11.4 Å². The van der Waals surface area contributed by atoms with Crippen LogP contribution in [0.3, 0.4) is 0 Å². The number of β-lactam (4-membered cyclic amide) rings is 1. The molecule has 5 rings (SSSR count). The lowest BCUT2D eigenvalue weighted by molar-refractivity contribution is -0.385. The van der Waals surface area contributed by atoms with Crippen molar-refractivity contribution in [1.29, 1.82) is 0 Å². The van der Waals surface area contributed by atoms with Gasteiger partial charge in [0.15, 0.2) is 0 Å². The zero-order valence-electron chi connectivity index (χ0n) is 27.1. The summed E-state index contributed by atoms with van der Waals surface area (Å²) >= 11 is 1.27. The molecule has 0 spiro atoms. The molecule has 2 aromatic rings. The number of likely N-dealkylation sites (N-methyl/N-ethyl adjacent to an activating group) is 1. The summed E-state index contributed by atoms with van der Waals surface area (Å²) in [6.07, 6.45) is -1.51. The predicted molar refractivity (Wildman–Crippen MR) is 173 cm³/mol. The highest BCUT2D eigenvalue weighted by atomic mass is 32.2. The summed E-state index contributed by atoms with van der Waals surface area (Å²) in [6.45, 7) is 3.04. The second kappa shape index (κ2) is 14.2. The molecular weight excluding hydrogens is 662 g/mol. The fourth-order valence-corrected chi connectivity index (χ4v) is 7.86. The Kier molecular flexibility index (Phi) is 10.2. The molecule has 49 heavy (non-hydrogen) atoms. The van der Waals surface area contributed by atoms with Gasteiger partial charge in [0, 0.05) is 61.0 Å². The van der Waals surface area contributed by atoms with Crippen molar-refractivity contribution >= 4 is 47.0 Å². The molecule has 3 amide bonds. The molecule has 0 aliphatic carbocycles. The SMILES string of the molecule is C[C@@H](O)[C@H]1C(=O)N2C(C(=O)OCc3ccc([N+](=O)[O-])cc3)=C(S[C@@H]3C[C@@H](C(=O)N(C)C)N(C(=O)OCc4ccc([N+](=O)[O-])cc4)C3)[C@H](C)[C@H]12. The van der Waals surface area contributed by atoms with Crippen molar-refractivity contribution in [2.24, 2.45) is 11.8 Å². The monoisotopic (exact) mass is 697 g/mol. The Morgan fingerprint density at radius 2 is 1.51 bits per heavy atom.